The molecule has 3 aromatic rings. The molecular formula is C18H11BrClNO3. The molecule has 120 valence electrons. The number of nitrogens with one attached hydrogen (secondary N) is 1. The van der Waals surface area contributed by atoms with Gasteiger partial charge in [0, 0.05) is 15.7 Å². The van der Waals surface area contributed by atoms with Crippen molar-refractivity contribution in [1.29, 1.82) is 0 Å². The van der Waals surface area contributed by atoms with Crippen molar-refractivity contribution >= 4 is 55.9 Å². The van der Waals surface area contributed by atoms with E-state index in [1.165, 1.54) is 12.1 Å². The molecule has 24 heavy (non-hydrogen) atoms. The Morgan fingerprint density at radius 2 is 1.67 bits per heavy atom. The van der Waals surface area contributed by atoms with Crippen molar-refractivity contribution in [2.75, 3.05) is 5.32 Å². The molecule has 0 saturated heterocycles. The normalized spacial score (nSPS) is 10.6. The monoisotopic (exact) mass is 403 g/mol. The number of aromatic carboxylic acids is 1. The summed E-state index contributed by atoms with van der Waals surface area (Å²) in [6.45, 7) is 0. The third kappa shape index (κ3) is 3.13. The van der Waals surface area contributed by atoms with Crippen molar-refractivity contribution in [2.45, 2.75) is 0 Å². The lowest BCUT2D eigenvalue weighted by molar-refractivity contribution is 0.0696. The minimum atomic E-state index is -1.15. The third-order valence-corrected chi connectivity index (χ3v) is 4.59. The van der Waals surface area contributed by atoms with E-state index < -0.39 is 5.97 Å². The summed E-state index contributed by atoms with van der Waals surface area (Å²) < 4.78 is 0.898. The van der Waals surface area contributed by atoms with Gasteiger partial charge in [0.05, 0.1) is 10.6 Å². The van der Waals surface area contributed by atoms with E-state index in [2.05, 4.69) is 21.2 Å². The highest BCUT2D eigenvalue weighted by Crippen LogP contribution is 2.27. The molecule has 0 atom stereocenters. The minimum Gasteiger partial charge on any atom is -0.478 e. The topological polar surface area (TPSA) is 66.4 Å². The van der Waals surface area contributed by atoms with E-state index in [0.717, 1.165) is 15.2 Å². The maximum absolute atomic E-state index is 12.6. The van der Waals surface area contributed by atoms with E-state index >= 15 is 0 Å². The summed E-state index contributed by atoms with van der Waals surface area (Å²) in [7, 11) is 0. The number of fused-ring (bicyclic) bond motifs is 1. The van der Waals surface area contributed by atoms with Crippen LogP contribution in [0.15, 0.2) is 59.1 Å². The summed E-state index contributed by atoms with van der Waals surface area (Å²) in [4.78, 5) is 23.7. The lowest BCUT2D eigenvalue weighted by Gasteiger charge is -2.10. The molecule has 0 aliphatic heterocycles. The maximum Gasteiger partial charge on any atom is 0.337 e. The fourth-order valence-electron chi connectivity index (χ4n) is 2.43. The van der Waals surface area contributed by atoms with Crippen LogP contribution >= 0.6 is 27.5 Å². The number of hydrogen-bond acceptors (Lipinski definition) is 2. The van der Waals surface area contributed by atoms with Gasteiger partial charge < -0.3 is 10.4 Å². The van der Waals surface area contributed by atoms with Crippen LogP contribution in [0.4, 0.5) is 5.69 Å². The van der Waals surface area contributed by atoms with Crippen molar-refractivity contribution in [2.24, 2.45) is 0 Å². The molecule has 0 spiro atoms. The standard InChI is InChI=1S/C18H11BrClNO3/c19-15-6-2-3-11-12(15)4-1-5-13(11)17(22)21-10-7-8-16(20)14(9-10)18(23)24/h1-9H,(H,21,22)(H,23,24). The molecule has 2 N–H and O–H groups in total. The molecule has 0 heterocycles. The van der Waals surface area contributed by atoms with Gasteiger partial charge in [-0.15, -0.1) is 0 Å². The number of carboxylic acid groups (broad SMARTS) is 1. The highest BCUT2D eigenvalue weighted by atomic mass is 79.9. The summed E-state index contributed by atoms with van der Waals surface area (Å²) in [5.74, 6) is -1.47. The fraction of sp³-hybridized carbons (Fsp3) is 0. The number of carbonyl (C=O) groups is 2. The number of amides is 1. The Labute approximate surface area is 151 Å². The number of rotatable bonds is 3. The Hall–Kier alpha value is -2.37. The minimum absolute atomic E-state index is 0.0601. The molecule has 0 bridgehead atoms. The zero-order valence-electron chi connectivity index (χ0n) is 12.2. The van der Waals surface area contributed by atoms with E-state index in [1.807, 2.05) is 24.3 Å². The first-order chi connectivity index (χ1) is 11.5. The smallest absolute Gasteiger partial charge is 0.337 e. The summed E-state index contributed by atoms with van der Waals surface area (Å²) in [5.41, 5.74) is 0.810. The van der Waals surface area contributed by atoms with Crippen molar-refractivity contribution in [3.8, 4) is 0 Å². The van der Waals surface area contributed by atoms with E-state index in [0.29, 0.717) is 11.3 Å². The van der Waals surface area contributed by atoms with Crippen molar-refractivity contribution in [3.05, 3.63) is 75.2 Å². The molecule has 4 nitrogen and oxygen atoms in total. The first-order valence-corrected chi connectivity index (χ1v) is 8.16. The molecular weight excluding hydrogens is 394 g/mol. The van der Waals surface area contributed by atoms with Gasteiger partial charge in [0.15, 0.2) is 0 Å². The van der Waals surface area contributed by atoms with Gasteiger partial charge in [-0.3, -0.25) is 4.79 Å². The second-order valence-electron chi connectivity index (χ2n) is 5.09. The number of hydrogen-bond donors (Lipinski definition) is 2. The van der Waals surface area contributed by atoms with Gasteiger partial charge in [-0.05, 0) is 41.1 Å². The van der Waals surface area contributed by atoms with Crippen LogP contribution in [0.2, 0.25) is 5.02 Å². The van der Waals surface area contributed by atoms with Gasteiger partial charge in [0.2, 0.25) is 0 Å². The van der Waals surface area contributed by atoms with Gasteiger partial charge in [-0.2, -0.15) is 0 Å². The van der Waals surface area contributed by atoms with E-state index in [4.69, 9.17) is 16.7 Å². The Morgan fingerprint density at radius 1 is 0.958 bits per heavy atom. The third-order valence-electron chi connectivity index (χ3n) is 3.57. The number of carboxylic acids is 1. The zero-order valence-corrected chi connectivity index (χ0v) is 14.6. The largest absolute Gasteiger partial charge is 0.478 e. The summed E-state index contributed by atoms with van der Waals surface area (Å²) in [6, 6.07) is 15.4. The number of anilines is 1. The predicted octanol–water partition coefficient (Wildman–Crippen LogP) is 5.21. The maximum atomic E-state index is 12.6. The van der Waals surface area contributed by atoms with Crippen LogP contribution in [0, 0.1) is 0 Å². The summed E-state index contributed by atoms with van der Waals surface area (Å²) in [5, 5.41) is 13.7. The van der Waals surface area contributed by atoms with E-state index in [9.17, 15) is 9.59 Å². The van der Waals surface area contributed by atoms with Crippen LogP contribution in [0.3, 0.4) is 0 Å². The molecule has 0 aliphatic carbocycles. The van der Waals surface area contributed by atoms with Gasteiger partial charge in [0.25, 0.3) is 5.91 Å². The van der Waals surface area contributed by atoms with E-state index in [1.54, 1.807) is 18.2 Å². The van der Waals surface area contributed by atoms with Crippen molar-refractivity contribution in [3.63, 3.8) is 0 Å². The Bertz CT molecular complexity index is 972. The van der Waals surface area contributed by atoms with Crippen molar-refractivity contribution < 1.29 is 14.7 Å². The number of halogens is 2. The average molecular weight is 405 g/mol. The first kappa shape index (κ1) is 16.5. The first-order valence-electron chi connectivity index (χ1n) is 6.99. The Kier molecular flexibility index (Phi) is 4.55. The number of carbonyl (C=O) groups excluding carboxylic acids is 1. The molecule has 0 radical (unpaired) electrons. The summed E-state index contributed by atoms with van der Waals surface area (Å²) >= 11 is 9.31. The lowest BCUT2D eigenvalue weighted by atomic mass is 10.0. The molecule has 0 saturated carbocycles. The van der Waals surface area contributed by atoms with Crippen LogP contribution in [-0.4, -0.2) is 17.0 Å². The van der Waals surface area contributed by atoms with Crippen molar-refractivity contribution in [1.82, 2.24) is 0 Å². The molecule has 0 aliphatic rings. The Balaban J connectivity index is 1.98. The van der Waals surface area contributed by atoms with Crippen LogP contribution in [0.25, 0.3) is 10.8 Å². The average Bonchev–Trinajstić information content (AvgIpc) is 2.56. The van der Waals surface area contributed by atoms with Gasteiger partial charge >= 0.3 is 5.97 Å². The fourth-order valence-corrected chi connectivity index (χ4v) is 3.13. The molecule has 0 fully saturated rings. The summed E-state index contributed by atoms with van der Waals surface area (Å²) in [6.07, 6.45) is 0. The molecule has 3 aromatic carbocycles. The van der Waals surface area contributed by atoms with Crippen LogP contribution < -0.4 is 5.32 Å². The van der Waals surface area contributed by atoms with Crippen LogP contribution in [-0.2, 0) is 0 Å². The highest BCUT2D eigenvalue weighted by molar-refractivity contribution is 9.10. The van der Waals surface area contributed by atoms with E-state index in [-0.39, 0.29) is 16.5 Å². The molecule has 0 unspecified atom stereocenters. The molecule has 0 aromatic heterocycles. The number of benzene rings is 3. The van der Waals surface area contributed by atoms with Gasteiger partial charge in [0.1, 0.15) is 0 Å². The second kappa shape index (κ2) is 6.63. The predicted molar refractivity (Wildman–Crippen MR) is 98.0 cm³/mol. The van der Waals surface area contributed by atoms with Crippen LogP contribution in [0.1, 0.15) is 20.7 Å². The zero-order chi connectivity index (χ0) is 17.3. The quantitative estimate of drug-likeness (QED) is 0.630. The molecule has 6 heteroatoms. The molecule has 1 amide bonds. The van der Waals surface area contributed by atoms with Gasteiger partial charge in [-0.1, -0.05) is 51.8 Å². The highest BCUT2D eigenvalue weighted by Gasteiger charge is 2.14. The molecule has 3 rings (SSSR count). The second-order valence-corrected chi connectivity index (χ2v) is 6.36. The van der Waals surface area contributed by atoms with Gasteiger partial charge in [-0.25, -0.2) is 4.79 Å². The van der Waals surface area contributed by atoms with Crippen LogP contribution in [0.5, 0.6) is 0 Å². The Morgan fingerprint density at radius 3 is 2.42 bits per heavy atom. The SMILES string of the molecule is O=C(O)c1cc(NC(=O)c2cccc3c(Br)cccc23)ccc1Cl. The lowest BCUT2D eigenvalue weighted by Crippen LogP contribution is -2.13.